The second-order valence-corrected chi connectivity index (χ2v) is 2.34. The van der Waals surface area contributed by atoms with Crippen molar-refractivity contribution < 1.29 is 9.84 Å². The van der Waals surface area contributed by atoms with Crippen LogP contribution in [0.25, 0.3) is 0 Å². The Morgan fingerprint density at radius 2 is 2.08 bits per heavy atom. The van der Waals surface area contributed by atoms with E-state index in [2.05, 4.69) is 9.73 Å². The summed E-state index contributed by atoms with van der Waals surface area (Å²) >= 11 is 0. The third-order valence-electron chi connectivity index (χ3n) is 1.40. The lowest BCUT2D eigenvalue weighted by molar-refractivity contribution is -0.353. The van der Waals surface area contributed by atoms with Crippen molar-refractivity contribution in [1.29, 1.82) is 0 Å². The molecular formula is C10H10NO2-. The molecule has 1 rings (SSSR count). The lowest BCUT2D eigenvalue weighted by Gasteiger charge is -2.04. The third-order valence-corrected chi connectivity index (χ3v) is 1.40. The predicted molar refractivity (Wildman–Crippen MR) is 49.1 cm³/mol. The molecule has 0 heterocycles. The van der Waals surface area contributed by atoms with E-state index < -0.39 is 5.95 Å². The van der Waals surface area contributed by atoms with Crippen molar-refractivity contribution in [3.63, 3.8) is 0 Å². The minimum Gasteiger partial charge on any atom is -0.616 e. The van der Waals surface area contributed by atoms with Crippen LogP contribution in [0.5, 0.6) is 0 Å². The van der Waals surface area contributed by atoms with Gasteiger partial charge < -0.3 is 9.84 Å². The van der Waals surface area contributed by atoms with Gasteiger partial charge in [0.05, 0.1) is 5.95 Å². The minimum atomic E-state index is -0.452. The molecule has 0 N–H and O–H groups in total. The van der Waals surface area contributed by atoms with Crippen LogP contribution >= 0.6 is 0 Å². The SMILES string of the molecule is CO/C([O-])=C/N=Cc1ccccc1. The molecule has 0 spiro atoms. The van der Waals surface area contributed by atoms with Crippen LogP contribution in [0, 0.1) is 0 Å². The lowest BCUT2D eigenvalue weighted by atomic mass is 10.2. The normalized spacial score (nSPS) is 11.9. The maximum absolute atomic E-state index is 10.6. The summed E-state index contributed by atoms with van der Waals surface area (Å²) in [5.41, 5.74) is 0.947. The van der Waals surface area contributed by atoms with Gasteiger partial charge in [-0.2, -0.15) is 0 Å². The highest BCUT2D eigenvalue weighted by Gasteiger charge is 1.81. The zero-order valence-electron chi connectivity index (χ0n) is 7.31. The highest BCUT2D eigenvalue weighted by atomic mass is 16.6. The number of benzene rings is 1. The fraction of sp³-hybridized carbons (Fsp3) is 0.100. The van der Waals surface area contributed by atoms with Crippen LogP contribution < -0.4 is 5.11 Å². The van der Waals surface area contributed by atoms with Crippen LogP contribution in [0.1, 0.15) is 5.56 Å². The molecule has 0 aliphatic rings. The molecule has 0 saturated carbocycles. The molecule has 1 aromatic carbocycles. The van der Waals surface area contributed by atoms with Crippen molar-refractivity contribution in [3.8, 4) is 0 Å². The van der Waals surface area contributed by atoms with Crippen molar-refractivity contribution in [2.75, 3.05) is 7.11 Å². The van der Waals surface area contributed by atoms with Crippen LogP contribution in [0.4, 0.5) is 0 Å². The summed E-state index contributed by atoms with van der Waals surface area (Å²) in [7, 11) is 1.32. The van der Waals surface area contributed by atoms with E-state index in [0.717, 1.165) is 11.8 Å². The molecule has 0 aromatic heterocycles. The number of aliphatic imine (C=N–C) groups is 1. The number of rotatable bonds is 3. The smallest absolute Gasteiger partial charge is 0.0698 e. The Morgan fingerprint density at radius 3 is 2.69 bits per heavy atom. The van der Waals surface area contributed by atoms with Gasteiger partial charge in [0, 0.05) is 12.4 Å². The fourth-order valence-corrected chi connectivity index (χ4v) is 0.776. The fourth-order valence-electron chi connectivity index (χ4n) is 0.776. The lowest BCUT2D eigenvalue weighted by Crippen LogP contribution is -2.04. The van der Waals surface area contributed by atoms with E-state index in [9.17, 15) is 5.11 Å². The van der Waals surface area contributed by atoms with E-state index in [-0.39, 0.29) is 0 Å². The number of nitrogens with zero attached hydrogens (tertiary/aromatic N) is 1. The van der Waals surface area contributed by atoms with Gasteiger partial charge in [0.1, 0.15) is 0 Å². The number of methoxy groups -OCH3 is 1. The van der Waals surface area contributed by atoms with Gasteiger partial charge in [-0.15, -0.1) is 0 Å². The van der Waals surface area contributed by atoms with Gasteiger partial charge in [-0.25, -0.2) is 0 Å². The number of hydrogen-bond donors (Lipinski definition) is 0. The zero-order valence-corrected chi connectivity index (χ0v) is 7.31. The van der Waals surface area contributed by atoms with Gasteiger partial charge in [-0.1, -0.05) is 30.3 Å². The van der Waals surface area contributed by atoms with Gasteiger partial charge in [-0.3, -0.25) is 4.99 Å². The summed E-state index contributed by atoms with van der Waals surface area (Å²) in [5, 5.41) is 10.6. The Hall–Kier alpha value is -1.77. The molecule has 0 aliphatic heterocycles. The van der Waals surface area contributed by atoms with Gasteiger partial charge >= 0.3 is 0 Å². The average Bonchev–Trinajstić information content (AvgIpc) is 2.19. The van der Waals surface area contributed by atoms with Crippen LogP contribution in [-0.4, -0.2) is 13.3 Å². The first-order valence-electron chi connectivity index (χ1n) is 3.82. The molecule has 0 fully saturated rings. The standard InChI is InChI=1S/C10H11NO2/c1-13-10(12)8-11-7-9-5-3-2-4-6-9/h2-8,12H,1H3/p-1/b10-8+,11-7?. The zero-order chi connectivity index (χ0) is 9.52. The molecule has 0 saturated heterocycles. The maximum atomic E-state index is 10.6. The Kier molecular flexibility index (Phi) is 3.57. The molecule has 3 nitrogen and oxygen atoms in total. The molecule has 0 aliphatic carbocycles. The summed E-state index contributed by atoms with van der Waals surface area (Å²) in [6.45, 7) is 0. The Bertz CT molecular complexity index is 304. The number of ether oxygens (including phenoxy) is 1. The molecule has 0 atom stereocenters. The largest absolute Gasteiger partial charge is 0.616 e. The summed E-state index contributed by atoms with van der Waals surface area (Å²) in [6, 6.07) is 9.52. The van der Waals surface area contributed by atoms with Crippen LogP contribution in [-0.2, 0) is 4.74 Å². The molecule has 1 aromatic rings. The highest BCUT2D eigenvalue weighted by Crippen LogP contribution is 1.94. The van der Waals surface area contributed by atoms with Gasteiger partial charge in [-0.05, 0) is 12.7 Å². The molecule has 13 heavy (non-hydrogen) atoms. The molecule has 0 bridgehead atoms. The molecule has 68 valence electrons. The minimum absolute atomic E-state index is 0.452. The molecule has 0 amide bonds. The molecule has 3 heteroatoms. The maximum Gasteiger partial charge on any atom is 0.0698 e. The van der Waals surface area contributed by atoms with E-state index in [1.54, 1.807) is 6.21 Å². The van der Waals surface area contributed by atoms with Crippen LogP contribution in [0.2, 0.25) is 0 Å². The van der Waals surface area contributed by atoms with Crippen LogP contribution in [0.3, 0.4) is 0 Å². The summed E-state index contributed by atoms with van der Waals surface area (Å²) < 4.78 is 4.38. The molecule has 0 radical (unpaired) electrons. The second-order valence-electron chi connectivity index (χ2n) is 2.34. The summed E-state index contributed by atoms with van der Waals surface area (Å²) in [4.78, 5) is 3.79. The second kappa shape index (κ2) is 4.98. The van der Waals surface area contributed by atoms with Crippen molar-refractivity contribution in [3.05, 3.63) is 48.0 Å². The summed E-state index contributed by atoms with van der Waals surface area (Å²) in [5.74, 6) is -0.452. The quantitative estimate of drug-likeness (QED) is 0.507. The topological polar surface area (TPSA) is 44.6 Å². The Labute approximate surface area is 77.0 Å². The van der Waals surface area contributed by atoms with Gasteiger partial charge in [0.25, 0.3) is 0 Å². The van der Waals surface area contributed by atoms with Gasteiger partial charge in [0.15, 0.2) is 0 Å². The van der Waals surface area contributed by atoms with Crippen molar-refractivity contribution in [2.45, 2.75) is 0 Å². The Balaban J connectivity index is 2.60. The van der Waals surface area contributed by atoms with Crippen molar-refractivity contribution in [2.24, 2.45) is 4.99 Å². The van der Waals surface area contributed by atoms with Gasteiger partial charge in [0.2, 0.25) is 0 Å². The molecular weight excluding hydrogens is 166 g/mol. The van der Waals surface area contributed by atoms with E-state index in [4.69, 9.17) is 0 Å². The first-order valence-corrected chi connectivity index (χ1v) is 3.82. The van der Waals surface area contributed by atoms with Crippen molar-refractivity contribution >= 4 is 6.21 Å². The third kappa shape index (κ3) is 3.42. The Morgan fingerprint density at radius 1 is 1.38 bits per heavy atom. The summed E-state index contributed by atoms with van der Waals surface area (Å²) in [6.07, 6.45) is 2.73. The van der Waals surface area contributed by atoms with E-state index in [0.29, 0.717) is 0 Å². The monoisotopic (exact) mass is 176 g/mol. The average molecular weight is 176 g/mol. The van der Waals surface area contributed by atoms with E-state index >= 15 is 0 Å². The predicted octanol–water partition coefficient (Wildman–Crippen LogP) is 0.911. The van der Waals surface area contributed by atoms with E-state index in [1.165, 1.54) is 7.11 Å². The van der Waals surface area contributed by atoms with Crippen LogP contribution in [0.15, 0.2) is 47.5 Å². The molecule has 0 unspecified atom stereocenters. The first kappa shape index (κ1) is 9.32. The van der Waals surface area contributed by atoms with Crippen molar-refractivity contribution in [1.82, 2.24) is 0 Å². The van der Waals surface area contributed by atoms with E-state index in [1.807, 2.05) is 30.3 Å². The first-order chi connectivity index (χ1) is 6.33. The number of hydrogen-bond acceptors (Lipinski definition) is 3. The highest BCUT2D eigenvalue weighted by molar-refractivity contribution is 5.79.